The molecular formula is C38H51N7O9S. The van der Waals surface area contributed by atoms with Crippen molar-refractivity contribution in [1.29, 1.82) is 0 Å². The summed E-state index contributed by atoms with van der Waals surface area (Å²) in [6, 6.07) is 14.0. The number of urea groups is 1. The third kappa shape index (κ3) is 15.8. The van der Waals surface area contributed by atoms with Gasteiger partial charge >= 0.3 is 12.0 Å². The minimum atomic E-state index is -0.511. The molecule has 0 radical (unpaired) electrons. The molecule has 0 bridgehead atoms. The van der Waals surface area contributed by atoms with Crippen LogP contribution in [0.3, 0.4) is 0 Å². The van der Waals surface area contributed by atoms with Crippen LogP contribution >= 0.6 is 11.8 Å². The van der Waals surface area contributed by atoms with E-state index < -0.39 is 11.9 Å². The topological polar surface area (TPSA) is 219 Å². The molecule has 2 aromatic carbocycles. The van der Waals surface area contributed by atoms with Crippen LogP contribution in [0, 0.1) is 0 Å². The van der Waals surface area contributed by atoms with E-state index in [4.69, 9.17) is 24.5 Å². The third-order valence-electron chi connectivity index (χ3n) is 8.87. The number of ether oxygens (including phenoxy) is 4. The quantitative estimate of drug-likeness (QED) is 0.0148. The van der Waals surface area contributed by atoms with E-state index in [1.54, 1.807) is 42.5 Å². The van der Waals surface area contributed by atoms with Gasteiger partial charge < -0.3 is 40.2 Å². The molecule has 16 nitrogen and oxygen atoms in total. The lowest BCUT2D eigenvalue weighted by molar-refractivity contribution is -0.134. The van der Waals surface area contributed by atoms with Gasteiger partial charge in [0.2, 0.25) is 5.91 Å². The highest BCUT2D eigenvalue weighted by Crippen LogP contribution is 2.34. The number of carbonyl (C=O) groups excluding carboxylic acids is 5. The average molecular weight is 782 g/mol. The van der Waals surface area contributed by atoms with Crippen LogP contribution in [0.4, 0.5) is 4.79 Å². The van der Waals surface area contributed by atoms with Crippen molar-refractivity contribution in [3.63, 3.8) is 0 Å². The molecule has 55 heavy (non-hydrogen) atoms. The molecule has 2 aromatic rings. The van der Waals surface area contributed by atoms with Gasteiger partial charge in [-0.15, -0.1) is 0 Å². The molecule has 3 unspecified atom stereocenters. The molecular weight excluding hydrogens is 731 g/mol. The maximum absolute atomic E-state index is 13.0. The third-order valence-corrected chi connectivity index (χ3v) is 10.4. The highest BCUT2D eigenvalue weighted by atomic mass is 32.2. The molecule has 3 atom stereocenters. The van der Waals surface area contributed by atoms with E-state index in [-0.39, 0.29) is 73.9 Å². The number of nitrogens with one attached hydrogen (secondary N) is 4. The number of amides is 4. The summed E-state index contributed by atoms with van der Waals surface area (Å²) < 4.78 is 22.5. The van der Waals surface area contributed by atoms with Crippen LogP contribution in [0.1, 0.15) is 67.3 Å². The lowest BCUT2D eigenvalue weighted by Gasteiger charge is -2.16. The second-order valence-corrected chi connectivity index (χ2v) is 14.3. The van der Waals surface area contributed by atoms with Gasteiger partial charge in [-0.2, -0.15) is 11.8 Å². The second-order valence-electron chi connectivity index (χ2n) is 13.0. The van der Waals surface area contributed by atoms with Gasteiger partial charge in [0.15, 0.2) is 23.9 Å². The van der Waals surface area contributed by atoms with E-state index in [1.807, 2.05) is 17.8 Å². The van der Waals surface area contributed by atoms with Crippen molar-refractivity contribution in [2.24, 2.45) is 5.11 Å². The van der Waals surface area contributed by atoms with Crippen LogP contribution in [0.2, 0.25) is 0 Å². The van der Waals surface area contributed by atoms with Crippen LogP contribution in [0.25, 0.3) is 10.4 Å². The Kier molecular flexibility index (Phi) is 19.2. The van der Waals surface area contributed by atoms with Crippen LogP contribution in [0.5, 0.6) is 11.5 Å². The van der Waals surface area contributed by atoms with Gasteiger partial charge in [0.1, 0.15) is 0 Å². The predicted octanol–water partition coefficient (Wildman–Crippen LogP) is 4.26. The second kappa shape index (κ2) is 24.6. The molecule has 0 aromatic heterocycles. The van der Waals surface area contributed by atoms with Gasteiger partial charge in [0.25, 0.3) is 5.91 Å². The Morgan fingerprint density at radius 3 is 2.36 bits per heavy atom. The minimum Gasteiger partial charge on any atom is -0.480 e. The molecule has 4 N–H and O–H groups in total. The van der Waals surface area contributed by atoms with Gasteiger partial charge in [-0.25, -0.2) is 4.79 Å². The maximum atomic E-state index is 13.0. The molecule has 0 aliphatic carbocycles. The number of fused-ring (bicyclic) bond motifs is 1. The summed E-state index contributed by atoms with van der Waals surface area (Å²) in [7, 11) is 0. The zero-order chi connectivity index (χ0) is 39.1. The fraction of sp³-hybridized carbons (Fsp3) is 0.553. The molecule has 17 heteroatoms. The average Bonchev–Trinajstić information content (AvgIpc) is 3.74. The summed E-state index contributed by atoms with van der Waals surface area (Å²) in [6.07, 6.45) is 5.08. The summed E-state index contributed by atoms with van der Waals surface area (Å²) in [5.41, 5.74) is 9.37. The molecule has 0 spiro atoms. The summed E-state index contributed by atoms with van der Waals surface area (Å²) in [5, 5.41) is 15.4. The lowest BCUT2D eigenvalue weighted by atomic mass is 10.0. The van der Waals surface area contributed by atoms with Crippen molar-refractivity contribution in [3.8, 4) is 11.5 Å². The van der Waals surface area contributed by atoms with Crippen LogP contribution < -0.4 is 30.7 Å². The van der Waals surface area contributed by atoms with E-state index >= 15 is 0 Å². The zero-order valence-electron chi connectivity index (χ0n) is 31.0. The molecule has 2 fully saturated rings. The van der Waals surface area contributed by atoms with Gasteiger partial charge in [-0.1, -0.05) is 60.4 Å². The smallest absolute Gasteiger partial charge is 0.315 e. The number of para-hydroxylation sites is 1. The molecule has 2 heterocycles. The number of nitrogens with zero attached hydrogens (tertiary/aromatic N) is 3. The first kappa shape index (κ1) is 42.9. The maximum Gasteiger partial charge on any atom is 0.315 e. The molecule has 4 amide bonds. The normalized spacial score (nSPS) is 16.9. The highest BCUT2D eigenvalue weighted by molar-refractivity contribution is 8.00. The molecule has 2 aliphatic heterocycles. The van der Waals surface area contributed by atoms with Crippen molar-refractivity contribution < 1.29 is 42.9 Å². The number of azide groups is 1. The Balaban J connectivity index is 1.07. The zero-order valence-corrected chi connectivity index (χ0v) is 31.8. The van der Waals surface area contributed by atoms with E-state index in [1.165, 1.54) is 0 Å². The van der Waals surface area contributed by atoms with Gasteiger partial charge in [0, 0.05) is 65.9 Å². The number of Topliss-reactive ketones (excluding diaryl/α,β-unsaturated/α-hetero) is 1. The fourth-order valence-electron chi connectivity index (χ4n) is 6.07. The van der Waals surface area contributed by atoms with Gasteiger partial charge in [-0.05, 0) is 37.3 Å². The van der Waals surface area contributed by atoms with Crippen LogP contribution in [-0.2, 0) is 30.3 Å². The van der Waals surface area contributed by atoms with Gasteiger partial charge in [0.05, 0.1) is 38.5 Å². The lowest BCUT2D eigenvalue weighted by Crippen LogP contribution is -2.36. The largest absolute Gasteiger partial charge is 0.480 e. The minimum absolute atomic E-state index is 0.0119. The number of esters is 1. The summed E-state index contributed by atoms with van der Waals surface area (Å²) in [4.78, 5) is 64.7. The van der Waals surface area contributed by atoms with E-state index in [0.717, 1.165) is 25.0 Å². The van der Waals surface area contributed by atoms with Crippen LogP contribution in [-0.4, -0.2) is 105 Å². The SMILES string of the molecule is [N-]=[N+]=NCCCCCC(=O)Oc1c(CC(=O)c2ccccc2)cccc1OCC(=O)NCCOCCOCCNC(=O)CCCCC1SCC2NC(=O)NC21. The number of thioether (sulfide) groups is 1. The standard InChI is InChI=1S/C38H51N7O9S/c39-45-42-17-8-2-5-16-35(49)54-37-28(24-30(46)27-10-3-1-4-11-27)12-9-13-31(37)53-25-34(48)41-19-21-52-23-22-51-20-18-40-33(47)15-7-6-14-32-36-29(26-55-32)43-38(50)44-36/h1,3-4,9-13,29,32,36H,2,5-8,14-26H2,(H,40,47)(H,41,48)(H2,43,44,50). The van der Waals surface area contributed by atoms with E-state index in [9.17, 15) is 24.0 Å². The van der Waals surface area contributed by atoms with Crippen LogP contribution in [0.15, 0.2) is 53.6 Å². The predicted molar refractivity (Wildman–Crippen MR) is 206 cm³/mol. The number of hydrogen-bond acceptors (Lipinski definition) is 11. The summed E-state index contributed by atoms with van der Waals surface area (Å²) in [6.45, 7) is 1.89. The first-order chi connectivity index (χ1) is 26.8. The summed E-state index contributed by atoms with van der Waals surface area (Å²) in [5.74, 6) is 0.0754. The first-order valence-corrected chi connectivity index (χ1v) is 19.8. The monoisotopic (exact) mass is 781 g/mol. The van der Waals surface area contributed by atoms with Crippen molar-refractivity contribution >= 4 is 41.4 Å². The Hall–Kier alpha value is -4.83. The molecule has 298 valence electrons. The number of ketones is 1. The Morgan fingerprint density at radius 2 is 1.60 bits per heavy atom. The summed E-state index contributed by atoms with van der Waals surface area (Å²) >= 11 is 1.88. The Bertz CT molecular complexity index is 1610. The van der Waals surface area contributed by atoms with E-state index in [0.29, 0.717) is 75.0 Å². The van der Waals surface area contributed by atoms with Crippen molar-refractivity contribution in [2.45, 2.75) is 75.1 Å². The van der Waals surface area contributed by atoms with Crippen molar-refractivity contribution in [1.82, 2.24) is 21.3 Å². The number of benzene rings is 2. The number of carbonyl (C=O) groups is 5. The Morgan fingerprint density at radius 1 is 0.855 bits per heavy atom. The van der Waals surface area contributed by atoms with Crippen molar-refractivity contribution in [3.05, 3.63) is 70.1 Å². The van der Waals surface area contributed by atoms with Gasteiger partial charge in [-0.3, -0.25) is 19.2 Å². The molecule has 4 rings (SSSR count). The molecule has 0 saturated carbocycles. The van der Waals surface area contributed by atoms with Crippen molar-refractivity contribution in [2.75, 3.05) is 58.4 Å². The first-order valence-electron chi connectivity index (χ1n) is 18.8. The number of hydrogen-bond donors (Lipinski definition) is 4. The number of rotatable bonds is 27. The highest BCUT2D eigenvalue weighted by Gasteiger charge is 2.42. The van der Waals surface area contributed by atoms with E-state index in [2.05, 4.69) is 31.3 Å². The molecule has 2 saturated heterocycles. The number of unbranched alkanes of at least 4 members (excludes halogenated alkanes) is 3. The molecule has 2 aliphatic rings. The fourth-order valence-corrected chi connectivity index (χ4v) is 7.61. The Labute approximate surface area is 325 Å².